The molecule has 1 fully saturated rings. The molecule has 0 radical (unpaired) electrons. The molecule has 0 unspecified atom stereocenters. The van der Waals surface area contributed by atoms with Crippen LogP contribution in [0.15, 0.2) is 48.5 Å². The number of fused-ring (bicyclic) bond motifs is 1. The first-order chi connectivity index (χ1) is 16.4. The number of pyridine rings is 1. The fraction of sp³-hybridized carbons (Fsp3) is 0.333. The Kier molecular flexibility index (Phi) is 6.06. The Labute approximate surface area is 198 Å². The lowest BCUT2D eigenvalue weighted by Gasteiger charge is -2.37. The summed E-state index contributed by atoms with van der Waals surface area (Å²) in [6.07, 6.45) is 0. The summed E-state index contributed by atoms with van der Waals surface area (Å²) in [5.74, 6) is -0.108. The lowest BCUT2D eigenvalue weighted by atomic mass is 9.96. The SMILES string of the molecule is Cc1[nH]nc2nc(-c3ccc(O)cc3F)cc(CN3CCNC[C@@H]3c3ccc(C(C)C)cc3)c12. The van der Waals surface area contributed by atoms with Crippen molar-refractivity contribution in [3.63, 3.8) is 0 Å². The van der Waals surface area contributed by atoms with Crippen LogP contribution in [-0.2, 0) is 6.54 Å². The van der Waals surface area contributed by atoms with Gasteiger partial charge in [-0.05, 0) is 47.7 Å². The third kappa shape index (κ3) is 4.29. The van der Waals surface area contributed by atoms with Crippen molar-refractivity contribution in [2.24, 2.45) is 0 Å². The highest BCUT2D eigenvalue weighted by Gasteiger charge is 2.26. The molecule has 7 heteroatoms. The van der Waals surface area contributed by atoms with Gasteiger partial charge in [0.25, 0.3) is 0 Å². The zero-order valence-electron chi connectivity index (χ0n) is 19.8. The molecule has 34 heavy (non-hydrogen) atoms. The number of hydrogen-bond acceptors (Lipinski definition) is 5. The number of aromatic hydroxyl groups is 1. The molecule has 3 N–H and O–H groups in total. The first-order valence-electron chi connectivity index (χ1n) is 11.8. The number of phenols is 1. The fourth-order valence-electron chi connectivity index (χ4n) is 4.83. The van der Waals surface area contributed by atoms with E-state index in [9.17, 15) is 9.50 Å². The molecular formula is C27H30FN5O. The van der Waals surface area contributed by atoms with Gasteiger partial charge >= 0.3 is 0 Å². The molecule has 1 atom stereocenters. The van der Waals surface area contributed by atoms with E-state index in [-0.39, 0.29) is 11.8 Å². The van der Waals surface area contributed by atoms with Gasteiger partial charge in [0.05, 0.1) is 5.69 Å². The molecule has 3 heterocycles. The largest absolute Gasteiger partial charge is 0.508 e. The van der Waals surface area contributed by atoms with Crippen LogP contribution in [0.1, 0.15) is 48.2 Å². The molecule has 2 aromatic carbocycles. The van der Waals surface area contributed by atoms with Crippen molar-refractivity contribution in [2.45, 2.75) is 39.3 Å². The van der Waals surface area contributed by atoms with Crippen LogP contribution in [0.4, 0.5) is 4.39 Å². The molecule has 176 valence electrons. The van der Waals surface area contributed by atoms with E-state index < -0.39 is 5.82 Å². The highest BCUT2D eigenvalue weighted by atomic mass is 19.1. The first-order valence-corrected chi connectivity index (χ1v) is 11.8. The van der Waals surface area contributed by atoms with Crippen LogP contribution >= 0.6 is 0 Å². The van der Waals surface area contributed by atoms with Crippen molar-refractivity contribution in [3.8, 4) is 17.0 Å². The van der Waals surface area contributed by atoms with E-state index in [4.69, 9.17) is 0 Å². The van der Waals surface area contributed by atoms with Gasteiger partial charge < -0.3 is 10.4 Å². The van der Waals surface area contributed by atoms with Gasteiger partial charge in [-0.25, -0.2) is 9.37 Å². The Morgan fingerprint density at radius 3 is 2.68 bits per heavy atom. The molecule has 0 amide bonds. The molecule has 0 bridgehead atoms. The quantitative estimate of drug-likeness (QED) is 0.389. The maximum atomic E-state index is 14.7. The summed E-state index contributed by atoms with van der Waals surface area (Å²) in [5, 5.41) is 21.6. The van der Waals surface area contributed by atoms with E-state index in [2.05, 4.69) is 63.5 Å². The lowest BCUT2D eigenvalue weighted by molar-refractivity contribution is 0.154. The summed E-state index contributed by atoms with van der Waals surface area (Å²) in [6.45, 7) is 9.79. The van der Waals surface area contributed by atoms with Gasteiger partial charge in [-0.1, -0.05) is 38.1 Å². The van der Waals surface area contributed by atoms with Crippen LogP contribution in [0.25, 0.3) is 22.3 Å². The third-order valence-electron chi connectivity index (χ3n) is 6.73. The van der Waals surface area contributed by atoms with Crippen molar-refractivity contribution in [3.05, 3.63) is 76.7 Å². The number of aromatic nitrogens is 3. The highest BCUT2D eigenvalue weighted by Crippen LogP contribution is 2.32. The van der Waals surface area contributed by atoms with E-state index in [0.717, 1.165) is 42.3 Å². The molecule has 1 saturated heterocycles. The Morgan fingerprint density at radius 2 is 1.94 bits per heavy atom. The zero-order chi connectivity index (χ0) is 23.8. The average Bonchev–Trinajstić information content (AvgIpc) is 3.20. The summed E-state index contributed by atoms with van der Waals surface area (Å²) in [4.78, 5) is 7.09. The predicted octanol–water partition coefficient (Wildman–Crippen LogP) is 5.05. The molecule has 6 nitrogen and oxygen atoms in total. The van der Waals surface area contributed by atoms with Gasteiger partial charge in [-0.2, -0.15) is 5.10 Å². The van der Waals surface area contributed by atoms with Crippen molar-refractivity contribution in [1.29, 1.82) is 0 Å². The van der Waals surface area contributed by atoms with Crippen LogP contribution in [0.3, 0.4) is 0 Å². The molecule has 0 saturated carbocycles. The molecule has 0 aliphatic carbocycles. The topological polar surface area (TPSA) is 77.1 Å². The van der Waals surface area contributed by atoms with Gasteiger partial charge in [-0.3, -0.25) is 10.00 Å². The van der Waals surface area contributed by atoms with E-state index in [1.165, 1.54) is 17.2 Å². The number of aryl methyl sites for hydroxylation is 1. The smallest absolute Gasteiger partial charge is 0.182 e. The van der Waals surface area contributed by atoms with Gasteiger partial charge in [0, 0.05) is 54.9 Å². The molecule has 4 aromatic rings. The molecule has 2 aromatic heterocycles. The molecule has 0 spiro atoms. The summed E-state index contributed by atoms with van der Waals surface area (Å²) >= 11 is 0. The number of phenolic OH excluding ortho intramolecular Hbond substituents is 1. The second-order valence-corrected chi connectivity index (χ2v) is 9.39. The minimum atomic E-state index is -0.504. The highest BCUT2D eigenvalue weighted by molar-refractivity contribution is 5.84. The summed E-state index contributed by atoms with van der Waals surface area (Å²) in [7, 11) is 0. The standard InChI is InChI=1S/C27H30FN5O/c1-16(2)18-4-6-19(7-5-18)25-14-29-10-11-33(25)15-20-12-24(22-9-8-21(34)13-23(22)28)30-27-26(20)17(3)31-32-27/h4-9,12-13,16,25,29,34H,10-11,14-15H2,1-3H3,(H,30,31,32)/t25-/m1/s1. The molecular weight excluding hydrogens is 429 g/mol. The van der Waals surface area contributed by atoms with E-state index in [0.29, 0.717) is 29.4 Å². The molecule has 1 aliphatic heterocycles. The van der Waals surface area contributed by atoms with Crippen LogP contribution in [-0.4, -0.2) is 44.8 Å². The van der Waals surface area contributed by atoms with E-state index in [1.54, 1.807) is 6.07 Å². The second kappa shape index (κ2) is 9.16. The minimum absolute atomic E-state index is 0.106. The monoisotopic (exact) mass is 459 g/mol. The van der Waals surface area contributed by atoms with E-state index >= 15 is 0 Å². The molecule has 5 rings (SSSR count). The average molecular weight is 460 g/mol. The van der Waals surface area contributed by atoms with Gasteiger partial charge in [0.1, 0.15) is 11.6 Å². The number of H-pyrrole nitrogens is 1. The Hall–Kier alpha value is -3.29. The number of rotatable bonds is 5. The van der Waals surface area contributed by atoms with Gasteiger partial charge in [0.15, 0.2) is 5.65 Å². The Balaban J connectivity index is 1.53. The van der Waals surface area contributed by atoms with Crippen LogP contribution in [0, 0.1) is 12.7 Å². The van der Waals surface area contributed by atoms with Crippen LogP contribution in [0.5, 0.6) is 5.75 Å². The van der Waals surface area contributed by atoms with Crippen molar-refractivity contribution < 1.29 is 9.50 Å². The fourth-order valence-corrected chi connectivity index (χ4v) is 4.83. The van der Waals surface area contributed by atoms with E-state index in [1.807, 2.05) is 13.0 Å². The van der Waals surface area contributed by atoms with Crippen LogP contribution in [0.2, 0.25) is 0 Å². The van der Waals surface area contributed by atoms with Crippen LogP contribution < -0.4 is 5.32 Å². The third-order valence-corrected chi connectivity index (χ3v) is 6.73. The maximum absolute atomic E-state index is 14.7. The number of nitrogens with zero attached hydrogens (tertiary/aromatic N) is 3. The van der Waals surface area contributed by atoms with Crippen molar-refractivity contribution >= 4 is 11.0 Å². The minimum Gasteiger partial charge on any atom is -0.508 e. The number of aromatic amines is 1. The Morgan fingerprint density at radius 1 is 1.15 bits per heavy atom. The number of halogens is 1. The number of hydrogen-bond donors (Lipinski definition) is 3. The Bertz CT molecular complexity index is 1310. The molecule has 1 aliphatic rings. The van der Waals surface area contributed by atoms with Gasteiger partial charge in [0.2, 0.25) is 0 Å². The number of nitrogens with one attached hydrogen (secondary N) is 2. The number of piperazine rings is 1. The second-order valence-electron chi connectivity index (χ2n) is 9.39. The first kappa shape index (κ1) is 22.5. The summed E-state index contributed by atoms with van der Waals surface area (Å²) in [5.41, 5.74) is 6.07. The number of benzene rings is 2. The van der Waals surface area contributed by atoms with Crippen molar-refractivity contribution in [1.82, 2.24) is 25.4 Å². The maximum Gasteiger partial charge on any atom is 0.182 e. The van der Waals surface area contributed by atoms with Crippen molar-refractivity contribution in [2.75, 3.05) is 19.6 Å². The predicted molar refractivity (Wildman–Crippen MR) is 132 cm³/mol. The zero-order valence-corrected chi connectivity index (χ0v) is 19.8. The van der Waals surface area contributed by atoms with Gasteiger partial charge in [-0.15, -0.1) is 0 Å². The summed E-state index contributed by atoms with van der Waals surface area (Å²) < 4.78 is 14.7. The lowest BCUT2D eigenvalue weighted by Crippen LogP contribution is -2.45. The summed E-state index contributed by atoms with van der Waals surface area (Å²) in [6, 6.07) is 15.3. The normalized spacial score (nSPS) is 17.0.